The first-order chi connectivity index (χ1) is 38.3. The molecule has 1 saturated heterocycles. The molecule has 1 heterocycles. The third-order valence-electron chi connectivity index (χ3n) is 16.8. The van der Waals surface area contributed by atoms with Gasteiger partial charge in [-0.3, -0.25) is 4.79 Å². The second-order valence-electron chi connectivity index (χ2n) is 24.3. The van der Waals surface area contributed by atoms with Crippen molar-refractivity contribution in [2.24, 2.45) is 0 Å². The molecule has 0 aromatic heterocycles. The number of aliphatic hydroxyl groups is 5. The molecule has 0 saturated carbocycles. The Balaban J connectivity index is 2.06. The van der Waals surface area contributed by atoms with E-state index >= 15 is 0 Å². The maximum Gasteiger partial charge on any atom is 0.220 e. The molecule has 9 heteroatoms. The first kappa shape index (κ1) is 74.7. The van der Waals surface area contributed by atoms with E-state index in [-0.39, 0.29) is 12.5 Å². The lowest BCUT2D eigenvalue weighted by atomic mass is 9.99. The molecule has 1 amide bonds. The molecule has 1 rings (SSSR count). The van der Waals surface area contributed by atoms with E-state index in [0.717, 1.165) is 38.5 Å². The van der Waals surface area contributed by atoms with Gasteiger partial charge in [-0.25, -0.2) is 0 Å². The van der Waals surface area contributed by atoms with Crippen LogP contribution in [0.15, 0.2) is 24.3 Å². The molecule has 1 fully saturated rings. The molecule has 0 aromatic rings. The maximum atomic E-state index is 13.1. The van der Waals surface area contributed by atoms with Gasteiger partial charge >= 0.3 is 0 Å². The van der Waals surface area contributed by atoms with Gasteiger partial charge in [0, 0.05) is 6.42 Å². The number of ether oxygens (including phenoxy) is 2. The van der Waals surface area contributed by atoms with Gasteiger partial charge in [0.2, 0.25) is 5.91 Å². The molecule has 1 aliphatic rings. The largest absolute Gasteiger partial charge is 0.394 e. The van der Waals surface area contributed by atoms with Gasteiger partial charge in [-0.05, 0) is 44.9 Å². The summed E-state index contributed by atoms with van der Waals surface area (Å²) in [5.74, 6) is -0.169. The van der Waals surface area contributed by atoms with Crippen LogP contribution in [-0.2, 0) is 14.3 Å². The fraction of sp³-hybridized carbons (Fsp3) is 0.928. The molecule has 0 spiro atoms. The van der Waals surface area contributed by atoms with Gasteiger partial charge in [-0.2, -0.15) is 0 Å². The van der Waals surface area contributed by atoms with E-state index in [1.807, 2.05) is 6.08 Å². The molecule has 7 unspecified atom stereocenters. The molecule has 0 bridgehead atoms. The van der Waals surface area contributed by atoms with Crippen molar-refractivity contribution in [3.05, 3.63) is 24.3 Å². The Morgan fingerprint density at radius 2 is 0.718 bits per heavy atom. The number of unbranched alkanes of at least 4 members (excludes halogenated alkanes) is 49. The Bertz CT molecular complexity index is 1280. The SMILES string of the molecule is CCCCCCCCCC/C=C\CCCCCCCCCCCCCCCCCCCCCCCCCCCC(=O)NC(COC1OC(CO)C(O)C(O)C1O)C(O)/C=C/CCCCCCCCCCCCCCCCCC. The van der Waals surface area contributed by atoms with Crippen LogP contribution >= 0.6 is 0 Å². The van der Waals surface area contributed by atoms with Crippen LogP contribution in [0.25, 0.3) is 0 Å². The van der Waals surface area contributed by atoms with E-state index in [2.05, 4.69) is 31.3 Å². The number of hydrogen-bond acceptors (Lipinski definition) is 8. The third-order valence-corrected chi connectivity index (χ3v) is 16.8. The summed E-state index contributed by atoms with van der Waals surface area (Å²) < 4.78 is 11.3. The van der Waals surface area contributed by atoms with Crippen molar-refractivity contribution < 1.29 is 39.8 Å². The van der Waals surface area contributed by atoms with Crippen molar-refractivity contribution in [1.82, 2.24) is 5.32 Å². The summed E-state index contributed by atoms with van der Waals surface area (Å²) in [6.07, 6.45) is 70.1. The summed E-state index contributed by atoms with van der Waals surface area (Å²) in [4.78, 5) is 13.1. The zero-order valence-electron chi connectivity index (χ0n) is 51.7. The molecule has 7 atom stereocenters. The normalized spacial score (nSPS) is 18.7. The predicted octanol–water partition coefficient (Wildman–Crippen LogP) is 18.5. The zero-order valence-corrected chi connectivity index (χ0v) is 51.7. The van der Waals surface area contributed by atoms with Gasteiger partial charge in [0.1, 0.15) is 24.4 Å². The molecule has 1 aliphatic heterocycles. The lowest BCUT2D eigenvalue weighted by molar-refractivity contribution is -0.302. The fourth-order valence-electron chi connectivity index (χ4n) is 11.3. The number of amides is 1. The van der Waals surface area contributed by atoms with E-state index in [1.165, 1.54) is 295 Å². The van der Waals surface area contributed by atoms with E-state index in [0.29, 0.717) is 6.42 Å². The Hall–Kier alpha value is -1.33. The molecular weight excluding hydrogens is 971 g/mol. The molecule has 0 aromatic carbocycles. The summed E-state index contributed by atoms with van der Waals surface area (Å²) in [6, 6.07) is -0.802. The molecule has 0 aliphatic carbocycles. The van der Waals surface area contributed by atoms with Crippen molar-refractivity contribution in [3.8, 4) is 0 Å². The van der Waals surface area contributed by atoms with Crippen LogP contribution in [0.3, 0.4) is 0 Å². The number of aliphatic hydroxyl groups excluding tert-OH is 5. The smallest absolute Gasteiger partial charge is 0.220 e. The van der Waals surface area contributed by atoms with Crippen molar-refractivity contribution in [2.75, 3.05) is 13.2 Å². The summed E-state index contributed by atoms with van der Waals surface area (Å²) in [5.41, 5.74) is 0. The Morgan fingerprint density at radius 3 is 1.04 bits per heavy atom. The average molecular weight is 1100 g/mol. The van der Waals surface area contributed by atoms with E-state index in [1.54, 1.807) is 6.08 Å². The minimum absolute atomic E-state index is 0.169. The molecule has 462 valence electrons. The Morgan fingerprint density at radius 1 is 0.423 bits per heavy atom. The van der Waals surface area contributed by atoms with Crippen LogP contribution in [0.1, 0.15) is 354 Å². The minimum atomic E-state index is -1.56. The topological polar surface area (TPSA) is 149 Å². The molecular formula is C69H133NO8. The highest BCUT2D eigenvalue weighted by Gasteiger charge is 2.44. The van der Waals surface area contributed by atoms with Crippen LogP contribution in [0.4, 0.5) is 0 Å². The molecule has 78 heavy (non-hydrogen) atoms. The quantitative estimate of drug-likeness (QED) is 0.0261. The number of rotatable bonds is 61. The van der Waals surface area contributed by atoms with Crippen LogP contribution in [0.2, 0.25) is 0 Å². The summed E-state index contributed by atoms with van der Waals surface area (Å²) in [5, 5.41) is 54.7. The summed E-state index contributed by atoms with van der Waals surface area (Å²) >= 11 is 0. The van der Waals surface area contributed by atoms with Crippen LogP contribution in [0.5, 0.6) is 0 Å². The summed E-state index contributed by atoms with van der Waals surface area (Å²) in [6.45, 7) is 3.83. The standard InChI is InChI=1S/C69H133NO8/c1-3-5-7-9-11-13-15-17-19-21-23-24-25-26-27-28-29-30-31-32-33-34-35-36-37-38-39-40-41-43-45-47-49-51-53-55-57-59-65(73)70-62(61-77-69-68(76)67(75)66(74)64(60-71)78-69)63(72)58-56-54-52-50-48-46-44-42-22-20-18-16-14-12-10-8-6-4-2/h21,23,56,58,62-64,66-69,71-72,74-76H,3-20,22,24-55,57,59-61H2,1-2H3,(H,70,73)/b23-21-,58-56+. The van der Waals surface area contributed by atoms with E-state index in [9.17, 15) is 30.3 Å². The lowest BCUT2D eigenvalue weighted by Crippen LogP contribution is -2.60. The fourth-order valence-corrected chi connectivity index (χ4v) is 11.3. The van der Waals surface area contributed by atoms with Gasteiger partial charge < -0.3 is 40.3 Å². The number of hydrogen-bond donors (Lipinski definition) is 6. The predicted molar refractivity (Wildman–Crippen MR) is 332 cm³/mol. The Labute approximate surface area is 483 Å². The van der Waals surface area contributed by atoms with Gasteiger partial charge in [0.05, 0.1) is 25.4 Å². The van der Waals surface area contributed by atoms with Crippen LogP contribution in [-0.4, -0.2) is 87.5 Å². The molecule has 9 nitrogen and oxygen atoms in total. The van der Waals surface area contributed by atoms with Crippen molar-refractivity contribution in [1.29, 1.82) is 0 Å². The number of carbonyl (C=O) groups is 1. The molecule has 6 N–H and O–H groups in total. The molecule has 0 radical (unpaired) electrons. The monoisotopic (exact) mass is 1100 g/mol. The highest BCUT2D eigenvalue weighted by atomic mass is 16.7. The highest BCUT2D eigenvalue weighted by molar-refractivity contribution is 5.76. The minimum Gasteiger partial charge on any atom is -0.394 e. The second-order valence-corrected chi connectivity index (χ2v) is 24.3. The van der Waals surface area contributed by atoms with Gasteiger partial charge in [-0.15, -0.1) is 0 Å². The van der Waals surface area contributed by atoms with Crippen LogP contribution < -0.4 is 5.32 Å². The van der Waals surface area contributed by atoms with Crippen molar-refractivity contribution >= 4 is 5.91 Å². The first-order valence-electron chi connectivity index (χ1n) is 34.6. The number of nitrogens with one attached hydrogen (secondary N) is 1. The number of allylic oxidation sites excluding steroid dienone is 3. The van der Waals surface area contributed by atoms with Gasteiger partial charge in [-0.1, -0.05) is 327 Å². The highest BCUT2D eigenvalue weighted by Crippen LogP contribution is 2.23. The van der Waals surface area contributed by atoms with E-state index < -0.39 is 49.5 Å². The zero-order chi connectivity index (χ0) is 56.5. The summed E-state index contributed by atoms with van der Waals surface area (Å²) in [7, 11) is 0. The third kappa shape index (κ3) is 47.2. The van der Waals surface area contributed by atoms with Crippen LogP contribution in [0, 0.1) is 0 Å². The first-order valence-corrected chi connectivity index (χ1v) is 34.6. The number of carbonyl (C=O) groups excluding carboxylic acids is 1. The second kappa shape index (κ2) is 58.9. The lowest BCUT2D eigenvalue weighted by Gasteiger charge is -2.40. The van der Waals surface area contributed by atoms with Gasteiger partial charge in [0.15, 0.2) is 6.29 Å². The van der Waals surface area contributed by atoms with Crippen molar-refractivity contribution in [3.63, 3.8) is 0 Å². The maximum absolute atomic E-state index is 13.1. The van der Waals surface area contributed by atoms with Crippen molar-refractivity contribution in [2.45, 2.75) is 397 Å². The Kier molecular flexibility index (Phi) is 56.3. The van der Waals surface area contributed by atoms with E-state index in [4.69, 9.17) is 9.47 Å². The van der Waals surface area contributed by atoms with Gasteiger partial charge in [0.25, 0.3) is 0 Å². The average Bonchev–Trinajstić information content (AvgIpc) is 3.45.